The van der Waals surface area contributed by atoms with Crippen molar-refractivity contribution in [2.45, 2.75) is 12.8 Å². The van der Waals surface area contributed by atoms with E-state index in [0.717, 1.165) is 31.0 Å². The number of carboxylic acids is 2. The van der Waals surface area contributed by atoms with Gasteiger partial charge in [-0.2, -0.15) is 12.7 Å². The van der Waals surface area contributed by atoms with E-state index < -0.39 is 33.3 Å². The molecule has 1 saturated heterocycles. The molecule has 0 amide bonds. The smallest absolute Gasteiger partial charge is 0.301 e. The Hall–Kier alpha value is -2.13. The molecule has 0 unspecified atom stereocenters. The summed E-state index contributed by atoms with van der Waals surface area (Å²) in [6.07, 6.45) is 1.48. The van der Waals surface area contributed by atoms with Crippen LogP contribution in [0.3, 0.4) is 0 Å². The van der Waals surface area contributed by atoms with Crippen LogP contribution in [0.25, 0.3) is 0 Å². The summed E-state index contributed by atoms with van der Waals surface area (Å²) >= 11 is 0. The van der Waals surface area contributed by atoms with Gasteiger partial charge in [-0.3, -0.25) is 4.72 Å². The SMILES string of the molecule is O=C([O-])c1cc(NS(=O)(=O)N2CCCC2)cc(C(=O)[O-])c1. The number of hydrogen-bond acceptors (Lipinski definition) is 6. The molecule has 114 valence electrons. The molecule has 0 radical (unpaired) electrons. The minimum Gasteiger partial charge on any atom is -0.545 e. The molecule has 1 aromatic carbocycles. The molecule has 0 spiro atoms. The zero-order chi connectivity index (χ0) is 15.6. The minimum absolute atomic E-state index is 0.164. The van der Waals surface area contributed by atoms with Crippen molar-refractivity contribution in [3.63, 3.8) is 0 Å². The topological polar surface area (TPSA) is 130 Å². The number of aromatic carboxylic acids is 2. The highest BCUT2D eigenvalue weighted by Gasteiger charge is 2.25. The van der Waals surface area contributed by atoms with Crippen molar-refractivity contribution in [2.75, 3.05) is 17.8 Å². The molecule has 8 nitrogen and oxygen atoms in total. The monoisotopic (exact) mass is 312 g/mol. The number of nitrogens with zero attached hydrogens (tertiary/aromatic N) is 1. The van der Waals surface area contributed by atoms with Crippen LogP contribution in [-0.2, 0) is 10.2 Å². The fraction of sp³-hybridized carbons (Fsp3) is 0.333. The zero-order valence-electron chi connectivity index (χ0n) is 10.9. The molecular weight excluding hydrogens is 300 g/mol. The largest absolute Gasteiger partial charge is 0.545 e. The Bertz CT molecular complexity index is 647. The lowest BCUT2D eigenvalue weighted by molar-refractivity contribution is -0.255. The van der Waals surface area contributed by atoms with Gasteiger partial charge in [0, 0.05) is 13.1 Å². The number of nitrogens with one attached hydrogen (secondary N) is 1. The first-order valence-electron chi connectivity index (χ1n) is 6.15. The van der Waals surface area contributed by atoms with Gasteiger partial charge in [-0.05, 0) is 42.2 Å². The zero-order valence-corrected chi connectivity index (χ0v) is 11.7. The Morgan fingerprint density at radius 1 is 1.00 bits per heavy atom. The van der Waals surface area contributed by atoms with Gasteiger partial charge in [0.25, 0.3) is 0 Å². The lowest BCUT2D eigenvalue weighted by atomic mass is 10.1. The number of anilines is 1. The second-order valence-corrected chi connectivity index (χ2v) is 6.26. The molecule has 1 aliphatic rings. The molecule has 0 atom stereocenters. The number of hydrogen-bond donors (Lipinski definition) is 1. The van der Waals surface area contributed by atoms with Crippen LogP contribution in [0.2, 0.25) is 0 Å². The summed E-state index contributed by atoms with van der Waals surface area (Å²) in [5, 5.41) is 21.7. The van der Waals surface area contributed by atoms with Gasteiger partial charge in [-0.15, -0.1) is 0 Å². The molecule has 0 bridgehead atoms. The normalized spacial score (nSPS) is 15.8. The summed E-state index contributed by atoms with van der Waals surface area (Å²) in [4.78, 5) is 21.7. The van der Waals surface area contributed by atoms with E-state index in [2.05, 4.69) is 4.72 Å². The molecule has 0 aromatic heterocycles. The van der Waals surface area contributed by atoms with Gasteiger partial charge < -0.3 is 19.8 Å². The first-order chi connectivity index (χ1) is 9.79. The van der Waals surface area contributed by atoms with Gasteiger partial charge in [-0.1, -0.05) is 0 Å². The van der Waals surface area contributed by atoms with Crippen LogP contribution in [-0.4, -0.2) is 37.8 Å². The van der Waals surface area contributed by atoms with Crippen molar-refractivity contribution < 1.29 is 28.2 Å². The molecule has 0 saturated carbocycles. The van der Waals surface area contributed by atoms with E-state index >= 15 is 0 Å². The van der Waals surface area contributed by atoms with E-state index in [0.29, 0.717) is 13.1 Å². The molecule has 1 aromatic rings. The summed E-state index contributed by atoms with van der Waals surface area (Å²) in [6, 6.07) is 2.84. The standard InChI is InChI=1S/C12H14N2O6S/c15-11(16)8-5-9(12(17)18)7-10(6-8)13-21(19,20)14-3-1-2-4-14/h5-7,13H,1-4H2,(H,15,16)(H,17,18)/p-2. The average Bonchev–Trinajstić information content (AvgIpc) is 2.92. The van der Waals surface area contributed by atoms with Crippen molar-refractivity contribution in [1.82, 2.24) is 4.31 Å². The van der Waals surface area contributed by atoms with E-state index in [-0.39, 0.29) is 5.69 Å². The van der Waals surface area contributed by atoms with Gasteiger partial charge >= 0.3 is 10.2 Å². The highest BCUT2D eigenvalue weighted by atomic mass is 32.2. The van der Waals surface area contributed by atoms with Crippen LogP contribution in [0.1, 0.15) is 33.6 Å². The molecule has 1 fully saturated rings. The van der Waals surface area contributed by atoms with Crippen LogP contribution in [0.15, 0.2) is 18.2 Å². The highest BCUT2D eigenvalue weighted by Crippen LogP contribution is 2.19. The first-order valence-corrected chi connectivity index (χ1v) is 7.59. The van der Waals surface area contributed by atoms with Gasteiger partial charge in [-0.25, -0.2) is 0 Å². The van der Waals surface area contributed by atoms with E-state index in [9.17, 15) is 28.2 Å². The third-order valence-electron chi connectivity index (χ3n) is 3.06. The quantitative estimate of drug-likeness (QED) is 0.680. The Morgan fingerprint density at radius 2 is 1.48 bits per heavy atom. The summed E-state index contributed by atoms with van der Waals surface area (Å²) in [5.74, 6) is -3.22. The Morgan fingerprint density at radius 3 is 1.90 bits per heavy atom. The second-order valence-electron chi connectivity index (χ2n) is 4.59. The second kappa shape index (κ2) is 5.70. The summed E-state index contributed by atoms with van der Waals surface area (Å²) in [7, 11) is -3.84. The maximum Gasteiger partial charge on any atom is 0.301 e. The molecular formula is C12H12N2O6S-2. The number of rotatable bonds is 5. The van der Waals surface area contributed by atoms with Crippen LogP contribution >= 0.6 is 0 Å². The fourth-order valence-electron chi connectivity index (χ4n) is 2.06. The third-order valence-corrected chi connectivity index (χ3v) is 4.59. The first kappa shape index (κ1) is 15.3. The fourth-order valence-corrected chi connectivity index (χ4v) is 3.35. The molecule has 21 heavy (non-hydrogen) atoms. The van der Waals surface area contributed by atoms with Crippen molar-refractivity contribution in [3.8, 4) is 0 Å². The molecule has 1 N–H and O–H groups in total. The average molecular weight is 312 g/mol. The van der Waals surface area contributed by atoms with Crippen molar-refractivity contribution in [1.29, 1.82) is 0 Å². The maximum absolute atomic E-state index is 12.1. The Labute approximate surface area is 121 Å². The van der Waals surface area contributed by atoms with E-state index in [1.54, 1.807) is 0 Å². The van der Waals surface area contributed by atoms with Crippen molar-refractivity contribution in [3.05, 3.63) is 29.3 Å². The van der Waals surface area contributed by atoms with Crippen molar-refractivity contribution in [2.24, 2.45) is 0 Å². The molecule has 0 aliphatic carbocycles. The highest BCUT2D eigenvalue weighted by molar-refractivity contribution is 7.90. The van der Waals surface area contributed by atoms with E-state index in [1.807, 2.05) is 0 Å². The predicted molar refractivity (Wildman–Crippen MR) is 68.5 cm³/mol. The number of carboxylic acid groups (broad SMARTS) is 2. The Kier molecular flexibility index (Phi) is 4.14. The van der Waals surface area contributed by atoms with Gasteiger partial charge in [0.1, 0.15) is 0 Å². The molecule has 9 heteroatoms. The predicted octanol–water partition coefficient (Wildman–Crippen LogP) is -1.83. The van der Waals surface area contributed by atoms with Gasteiger partial charge in [0.05, 0.1) is 17.6 Å². The maximum atomic E-state index is 12.1. The number of benzene rings is 1. The van der Waals surface area contributed by atoms with Crippen LogP contribution < -0.4 is 14.9 Å². The van der Waals surface area contributed by atoms with E-state index in [1.165, 1.54) is 4.31 Å². The van der Waals surface area contributed by atoms with Gasteiger partial charge in [0.2, 0.25) is 0 Å². The molecule has 2 rings (SSSR count). The lowest BCUT2D eigenvalue weighted by Gasteiger charge is -2.18. The summed E-state index contributed by atoms with van der Waals surface area (Å²) < 4.78 is 27.5. The summed E-state index contributed by atoms with van der Waals surface area (Å²) in [6.45, 7) is 0.728. The molecule has 1 heterocycles. The van der Waals surface area contributed by atoms with E-state index in [4.69, 9.17) is 0 Å². The Balaban J connectivity index is 2.34. The minimum atomic E-state index is -3.84. The third kappa shape index (κ3) is 3.50. The van der Waals surface area contributed by atoms with Gasteiger partial charge in [0.15, 0.2) is 0 Å². The van der Waals surface area contributed by atoms with Crippen LogP contribution in [0.4, 0.5) is 5.69 Å². The van der Waals surface area contributed by atoms with Crippen LogP contribution in [0, 0.1) is 0 Å². The lowest BCUT2D eigenvalue weighted by Crippen LogP contribution is -2.33. The number of carbonyl (C=O) groups is 2. The summed E-state index contributed by atoms with van der Waals surface area (Å²) in [5.41, 5.74) is -1.06. The van der Waals surface area contributed by atoms with Crippen LogP contribution in [0.5, 0.6) is 0 Å². The number of carbonyl (C=O) groups excluding carboxylic acids is 2. The van der Waals surface area contributed by atoms with Crippen molar-refractivity contribution >= 4 is 27.8 Å². The molecule has 1 aliphatic heterocycles.